The highest BCUT2D eigenvalue weighted by molar-refractivity contribution is 5.78. The van der Waals surface area contributed by atoms with E-state index in [1.807, 2.05) is 39.1 Å². The van der Waals surface area contributed by atoms with Gasteiger partial charge >= 0.3 is 6.03 Å². The fourth-order valence-corrected chi connectivity index (χ4v) is 5.63. The number of aliphatic hydroxyl groups excluding tert-OH is 1. The number of carbonyl (C=O) groups is 1. The summed E-state index contributed by atoms with van der Waals surface area (Å²) in [5.74, 6) is 1.98. The van der Waals surface area contributed by atoms with Crippen LogP contribution in [0.5, 0.6) is 5.75 Å². The summed E-state index contributed by atoms with van der Waals surface area (Å²) < 4.78 is 6.63. The zero-order valence-corrected chi connectivity index (χ0v) is 24.5. The lowest BCUT2D eigenvalue weighted by molar-refractivity contribution is 0.0813. The minimum atomic E-state index is -0.200. The van der Waals surface area contributed by atoms with E-state index in [0.717, 1.165) is 69.0 Å². The largest absolute Gasteiger partial charge is 0.487 e. The first-order chi connectivity index (χ1) is 19.5. The number of aryl methyl sites for hydroxylation is 1. The quantitative estimate of drug-likeness (QED) is 0.419. The number of rotatable bonds is 7. The van der Waals surface area contributed by atoms with E-state index in [1.54, 1.807) is 4.90 Å². The molecule has 8 heteroatoms. The lowest BCUT2D eigenvalue weighted by Gasteiger charge is -2.27. The fraction of sp³-hybridized carbons (Fsp3) is 0.500. The number of amides is 2. The molecule has 1 unspecified atom stereocenters. The summed E-state index contributed by atoms with van der Waals surface area (Å²) in [5.41, 5.74) is 5.43. The van der Waals surface area contributed by atoms with Crippen LogP contribution >= 0.6 is 0 Å². The van der Waals surface area contributed by atoms with E-state index in [1.165, 1.54) is 22.4 Å². The van der Waals surface area contributed by atoms with Crippen LogP contribution in [0.25, 0.3) is 5.57 Å². The second-order valence-corrected chi connectivity index (χ2v) is 10.4. The van der Waals surface area contributed by atoms with E-state index in [2.05, 4.69) is 57.5 Å². The molecule has 216 valence electrons. The third-order valence-corrected chi connectivity index (χ3v) is 7.85. The Bertz CT molecular complexity index is 1250. The van der Waals surface area contributed by atoms with E-state index >= 15 is 0 Å². The van der Waals surface area contributed by atoms with Crippen LogP contribution in [0, 0.1) is 0 Å². The summed E-state index contributed by atoms with van der Waals surface area (Å²) in [6.45, 7) is 10.8. The average molecular weight is 548 g/mol. The smallest absolute Gasteiger partial charge is 0.321 e. The van der Waals surface area contributed by atoms with Crippen molar-refractivity contribution < 1.29 is 14.6 Å². The van der Waals surface area contributed by atoms with Crippen LogP contribution in [0.1, 0.15) is 70.2 Å². The van der Waals surface area contributed by atoms with Gasteiger partial charge in [0.15, 0.2) is 0 Å². The molecular formula is C32H45N5O3. The van der Waals surface area contributed by atoms with Gasteiger partial charge in [-0.05, 0) is 73.6 Å². The highest BCUT2D eigenvalue weighted by atomic mass is 16.5. The highest BCUT2D eigenvalue weighted by Crippen LogP contribution is 2.42. The number of ether oxygens (including phenoxy) is 1. The molecule has 3 N–H and O–H groups in total. The van der Waals surface area contributed by atoms with Gasteiger partial charge in [0.05, 0.1) is 12.8 Å². The Morgan fingerprint density at radius 3 is 2.83 bits per heavy atom. The molecule has 2 aromatic rings. The molecule has 3 heterocycles. The van der Waals surface area contributed by atoms with Gasteiger partial charge in [0.25, 0.3) is 0 Å². The summed E-state index contributed by atoms with van der Waals surface area (Å²) in [6, 6.07) is 6.35. The molecule has 3 aliphatic rings. The van der Waals surface area contributed by atoms with Crippen LogP contribution < -0.4 is 15.0 Å². The van der Waals surface area contributed by atoms with Gasteiger partial charge in [0.1, 0.15) is 11.4 Å². The molecule has 2 aliphatic heterocycles. The number of imidazole rings is 1. The Morgan fingerprint density at radius 2 is 2.08 bits per heavy atom. The monoisotopic (exact) mass is 547 g/mol. The molecule has 1 aromatic carbocycles. The van der Waals surface area contributed by atoms with Crippen molar-refractivity contribution >= 4 is 17.6 Å². The lowest BCUT2D eigenvalue weighted by Crippen LogP contribution is -2.40. The number of H-pyrrole nitrogens is 1. The van der Waals surface area contributed by atoms with Gasteiger partial charge in [-0.25, -0.2) is 9.78 Å². The first-order valence-corrected chi connectivity index (χ1v) is 14.9. The lowest BCUT2D eigenvalue weighted by atomic mass is 9.89. The number of likely N-dealkylation sites (N-methyl/N-ethyl adjacent to an activating group) is 1. The summed E-state index contributed by atoms with van der Waals surface area (Å²) in [7, 11) is 0. The second kappa shape index (κ2) is 13.7. The van der Waals surface area contributed by atoms with Crippen molar-refractivity contribution in [2.24, 2.45) is 0 Å². The number of carbonyl (C=O) groups excluding carboxylic acids is 1. The van der Waals surface area contributed by atoms with Gasteiger partial charge in [0, 0.05) is 50.4 Å². The number of fused-ring (bicyclic) bond motifs is 1. The number of aromatic nitrogens is 2. The number of nitrogens with zero attached hydrogens (tertiary/aromatic N) is 3. The average Bonchev–Trinajstić information content (AvgIpc) is 3.45. The third-order valence-electron chi connectivity index (χ3n) is 7.85. The molecule has 1 spiro atoms. The number of benzene rings is 1. The standard InChI is InChI=1S/C30H39N5O3.C2H6/c1-3-25-21-31-28(32-25)35-15-6-13-30(14-16-35)20-24-19-23(10-12-27(24)38-30)22-7-5-8-26(11-9-22)33-29(37)34(4-2)17-18-36;1-2/h5,8-12,19,21,36H,3-4,6-7,13-18,20H2,1-2H3,(H,31,32)(H,33,37);1-2H3. The summed E-state index contributed by atoms with van der Waals surface area (Å²) in [4.78, 5) is 24.5. The van der Waals surface area contributed by atoms with Gasteiger partial charge in [-0.3, -0.25) is 0 Å². The van der Waals surface area contributed by atoms with Crippen LogP contribution in [-0.4, -0.2) is 64.4 Å². The molecule has 8 nitrogen and oxygen atoms in total. The van der Waals surface area contributed by atoms with Crippen LogP contribution in [0.2, 0.25) is 0 Å². The Balaban J connectivity index is 0.00000181. The number of anilines is 1. The molecule has 0 saturated carbocycles. The summed E-state index contributed by atoms with van der Waals surface area (Å²) in [5, 5.41) is 12.1. The molecule has 0 radical (unpaired) electrons. The van der Waals surface area contributed by atoms with Crippen molar-refractivity contribution in [3.63, 3.8) is 0 Å². The maximum atomic E-state index is 12.5. The molecular weight excluding hydrogens is 502 g/mol. The second-order valence-electron chi connectivity index (χ2n) is 10.4. The molecule has 1 fully saturated rings. The maximum absolute atomic E-state index is 12.5. The highest BCUT2D eigenvalue weighted by Gasteiger charge is 2.41. The van der Waals surface area contributed by atoms with Gasteiger partial charge in [0.2, 0.25) is 5.95 Å². The minimum Gasteiger partial charge on any atom is -0.487 e. The minimum absolute atomic E-state index is 0.0500. The van der Waals surface area contributed by atoms with Crippen molar-refractivity contribution in [3.8, 4) is 5.75 Å². The molecule has 40 heavy (non-hydrogen) atoms. The number of aliphatic hydroxyl groups is 1. The zero-order chi connectivity index (χ0) is 28.5. The molecule has 0 bridgehead atoms. The first kappa shape index (κ1) is 29.5. The van der Waals surface area contributed by atoms with E-state index in [9.17, 15) is 9.90 Å². The maximum Gasteiger partial charge on any atom is 0.321 e. The van der Waals surface area contributed by atoms with Crippen molar-refractivity contribution in [1.29, 1.82) is 0 Å². The Labute approximate surface area is 238 Å². The number of nitrogens with one attached hydrogen (secondary N) is 2. The van der Waals surface area contributed by atoms with Crippen molar-refractivity contribution in [2.45, 2.75) is 71.8 Å². The van der Waals surface area contributed by atoms with Crippen molar-refractivity contribution in [3.05, 3.63) is 71.2 Å². The Kier molecular flexibility index (Phi) is 10.1. The van der Waals surface area contributed by atoms with E-state index in [-0.39, 0.29) is 18.2 Å². The third kappa shape index (κ3) is 6.78. The van der Waals surface area contributed by atoms with E-state index in [4.69, 9.17) is 4.74 Å². The van der Waals surface area contributed by atoms with Gasteiger partial charge in [-0.1, -0.05) is 39.0 Å². The topological polar surface area (TPSA) is 93.7 Å². The Morgan fingerprint density at radius 1 is 1.23 bits per heavy atom. The van der Waals surface area contributed by atoms with Gasteiger partial charge < -0.3 is 29.9 Å². The molecule has 5 rings (SSSR count). The normalized spacial score (nSPS) is 19.9. The number of allylic oxidation sites excluding steroid dienone is 5. The number of hydrogen-bond donors (Lipinski definition) is 3. The predicted octanol–water partition coefficient (Wildman–Crippen LogP) is 5.61. The number of hydrogen-bond acceptors (Lipinski definition) is 5. The number of urea groups is 1. The van der Waals surface area contributed by atoms with E-state index in [0.29, 0.717) is 13.1 Å². The van der Waals surface area contributed by atoms with Crippen LogP contribution in [-0.2, 0) is 12.8 Å². The van der Waals surface area contributed by atoms with Crippen molar-refractivity contribution in [2.75, 3.05) is 37.7 Å². The Hall–Kier alpha value is -3.52. The molecule has 1 atom stereocenters. The molecule has 1 aliphatic carbocycles. The summed E-state index contributed by atoms with van der Waals surface area (Å²) in [6.07, 6.45) is 15.8. The van der Waals surface area contributed by atoms with Crippen LogP contribution in [0.3, 0.4) is 0 Å². The van der Waals surface area contributed by atoms with Crippen LogP contribution in [0.15, 0.2) is 54.4 Å². The molecule has 1 saturated heterocycles. The van der Waals surface area contributed by atoms with Gasteiger partial charge in [-0.2, -0.15) is 0 Å². The first-order valence-electron chi connectivity index (χ1n) is 14.9. The molecule has 2 amide bonds. The fourth-order valence-electron chi connectivity index (χ4n) is 5.63. The van der Waals surface area contributed by atoms with Gasteiger partial charge in [-0.15, -0.1) is 0 Å². The zero-order valence-electron chi connectivity index (χ0n) is 24.5. The van der Waals surface area contributed by atoms with Crippen molar-refractivity contribution in [1.82, 2.24) is 20.2 Å². The number of aromatic amines is 1. The predicted molar refractivity (Wildman–Crippen MR) is 162 cm³/mol. The van der Waals surface area contributed by atoms with Crippen LogP contribution in [0.4, 0.5) is 10.7 Å². The summed E-state index contributed by atoms with van der Waals surface area (Å²) >= 11 is 0. The molecule has 1 aromatic heterocycles. The van der Waals surface area contributed by atoms with E-state index < -0.39 is 0 Å². The SMILES string of the molecule is CC.CCc1cnc(N2CCCC3(CC2)Cc2cc(C4=CC=C(NC(=O)N(CC)CCO)C=CC4)ccc2O3)[nH]1.